The smallest absolute Gasteiger partial charge is 0.272 e. The van der Waals surface area contributed by atoms with Gasteiger partial charge in [-0.05, 0) is 105 Å². The number of carbonyl (C=O) groups excluding carboxylic acids is 5. The molecule has 1 aromatic heterocycles. The molecule has 4 saturated heterocycles. The third-order valence-corrected chi connectivity index (χ3v) is 16.3. The molecule has 0 spiro atoms. The number of hydrogen-bond donors (Lipinski definition) is 2. The van der Waals surface area contributed by atoms with E-state index in [9.17, 15) is 28.8 Å². The van der Waals surface area contributed by atoms with Crippen LogP contribution in [0, 0.1) is 17.7 Å². The molecule has 2 unspecified atom stereocenters. The molecule has 5 aliphatic rings. The monoisotopic (exact) mass is 1060 g/mol. The van der Waals surface area contributed by atoms with Gasteiger partial charge in [0.1, 0.15) is 17.7 Å². The van der Waals surface area contributed by atoms with Crippen LogP contribution in [0.3, 0.4) is 0 Å². The largest absolute Gasteiger partial charge is 0.341 e. The summed E-state index contributed by atoms with van der Waals surface area (Å²) in [4.78, 5) is 95.4. The number of H-pyrrole nitrogens is 1. The highest BCUT2D eigenvalue weighted by Crippen LogP contribution is 2.31. The molecular formula is C58H74ClFN10O6. The van der Waals surface area contributed by atoms with Crippen molar-refractivity contribution in [3.8, 4) is 0 Å². The highest BCUT2D eigenvalue weighted by atomic mass is 35.5. The van der Waals surface area contributed by atoms with Crippen molar-refractivity contribution in [3.63, 3.8) is 0 Å². The van der Waals surface area contributed by atoms with Crippen LogP contribution in [0.1, 0.15) is 101 Å². The number of benzene rings is 3. The predicted molar refractivity (Wildman–Crippen MR) is 294 cm³/mol. The van der Waals surface area contributed by atoms with Crippen molar-refractivity contribution in [2.24, 2.45) is 16.8 Å². The second-order valence-electron chi connectivity index (χ2n) is 21.0. The molecule has 76 heavy (non-hydrogen) atoms. The molecule has 0 bridgehead atoms. The number of hydrogen-bond acceptors (Lipinski definition) is 10. The topological polar surface area (TPSA) is 175 Å². The van der Waals surface area contributed by atoms with Crippen LogP contribution < -0.4 is 10.9 Å². The molecule has 18 heteroatoms. The van der Waals surface area contributed by atoms with E-state index in [-0.39, 0.29) is 52.5 Å². The number of allylic oxidation sites excluding steroid dienone is 1. The zero-order valence-electron chi connectivity index (χ0n) is 44.0. The summed E-state index contributed by atoms with van der Waals surface area (Å²) in [6, 6.07) is 18.7. The van der Waals surface area contributed by atoms with E-state index < -0.39 is 17.8 Å². The third kappa shape index (κ3) is 14.4. The van der Waals surface area contributed by atoms with Crippen LogP contribution in [0.2, 0.25) is 0 Å². The zero-order valence-corrected chi connectivity index (χ0v) is 44.7. The Labute approximate surface area is 450 Å². The van der Waals surface area contributed by atoms with Gasteiger partial charge >= 0.3 is 0 Å². The quantitative estimate of drug-likeness (QED) is 0.114. The average Bonchev–Trinajstić information content (AvgIpc) is 3.46. The van der Waals surface area contributed by atoms with Gasteiger partial charge in [-0.2, -0.15) is 5.10 Å². The number of piperazine rings is 2. The molecule has 9 rings (SSSR count). The number of likely N-dealkylation sites (tertiary alicyclic amines) is 2. The van der Waals surface area contributed by atoms with Crippen molar-refractivity contribution >= 4 is 58.1 Å². The van der Waals surface area contributed by atoms with Crippen molar-refractivity contribution in [3.05, 3.63) is 124 Å². The number of halogens is 2. The molecule has 3 aromatic carbocycles. The number of fused-ring (bicyclic) bond motifs is 1. The standard InChI is InChI=1S/C54H67ClFN9O6.C4H7N/c55-33-48(66)65-19-7-12-42(35-65)40-10-6-11-41(32-40)51(68)57-50(39-8-2-1-3-9-39)54(71)64-24-22-61(23-25-64)34-37-17-20-60(21-18-37)36-49(67)62-26-28-63(29-27-62)53(70)45-30-38(15-16-46(45)56)31-47-43-13-4-5-14-44(43)52(69)59-58-47;1-3-4-5-2/h4-6,10-11,13-16,30,32,37,39,42,50H,1-3,7-9,12,17-29,31,33-36H2,(H,57,68)(H,59,69);3-4H,1H2,2H3. The SMILES string of the molecule is C=CC=NC.O=C(NC(C(=O)N1CCN(CC2CCN(CC(=O)N3CCN(C(=O)c4cc(Cc5n[nH]c(=O)c6ccccc56)ccc4F)CC3)CC2)CC1)C1CCCCC1)c1cccc(C2CCCN(C(=O)CCl)C2)c1. The number of alkyl halides is 1. The number of carbonyl (C=O) groups is 5. The van der Waals surface area contributed by atoms with Gasteiger partial charge in [0.05, 0.1) is 23.2 Å². The lowest BCUT2D eigenvalue weighted by atomic mass is 9.83. The molecule has 1 aliphatic carbocycles. The van der Waals surface area contributed by atoms with E-state index in [0.29, 0.717) is 98.8 Å². The summed E-state index contributed by atoms with van der Waals surface area (Å²) in [6.07, 6.45) is 12.5. The molecule has 16 nitrogen and oxygen atoms in total. The van der Waals surface area contributed by atoms with Crippen LogP contribution in [-0.2, 0) is 20.8 Å². The fourth-order valence-electron chi connectivity index (χ4n) is 11.7. The van der Waals surface area contributed by atoms with Gasteiger partial charge in [0, 0.05) is 109 Å². The van der Waals surface area contributed by atoms with Gasteiger partial charge < -0.3 is 24.9 Å². The van der Waals surface area contributed by atoms with Gasteiger partial charge in [-0.1, -0.05) is 68.3 Å². The maximum absolute atomic E-state index is 15.1. The number of nitrogens with one attached hydrogen (secondary N) is 2. The fraction of sp³-hybridized carbons (Fsp3) is 0.517. The Morgan fingerprint density at radius 1 is 0.776 bits per heavy atom. The lowest BCUT2D eigenvalue weighted by molar-refractivity contribution is -0.137. The van der Waals surface area contributed by atoms with Crippen molar-refractivity contribution in [2.75, 3.05) is 105 Å². The second-order valence-corrected chi connectivity index (χ2v) is 21.3. The number of rotatable bonds is 14. The van der Waals surface area contributed by atoms with Gasteiger partial charge in [0.2, 0.25) is 17.7 Å². The maximum atomic E-state index is 15.1. The minimum absolute atomic E-state index is 0.0147. The fourth-order valence-corrected chi connectivity index (χ4v) is 11.8. The van der Waals surface area contributed by atoms with E-state index in [2.05, 4.69) is 36.9 Å². The number of aromatic amines is 1. The Bertz CT molecular complexity index is 2760. The molecule has 406 valence electrons. The number of piperidine rings is 2. The summed E-state index contributed by atoms with van der Waals surface area (Å²) in [5.74, 6) is -0.581. The molecule has 0 radical (unpaired) electrons. The Balaban J connectivity index is 0.00000146. The summed E-state index contributed by atoms with van der Waals surface area (Å²) in [6.45, 7) is 11.8. The summed E-state index contributed by atoms with van der Waals surface area (Å²) in [5.41, 5.74) is 2.57. The molecule has 4 aromatic rings. The van der Waals surface area contributed by atoms with Crippen molar-refractivity contribution in [1.29, 1.82) is 0 Å². The van der Waals surface area contributed by atoms with Crippen LogP contribution in [0.15, 0.2) is 89.2 Å². The average molecular weight is 1060 g/mol. The van der Waals surface area contributed by atoms with E-state index >= 15 is 4.39 Å². The Morgan fingerprint density at radius 3 is 2.18 bits per heavy atom. The molecule has 5 amide bonds. The Morgan fingerprint density at radius 2 is 1.49 bits per heavy atom. The van der Waals surface area contributed by atoms with Gasteiger partial charge in [-0.3, -0.25) is 43.6 Å². The minimum atomic E-state index is -0.607. The zero-order chi connectivity index (χ0) is 53.6. The predicted octanol–water partition coefficient (Wildman–Crippen LogP) is 5.99. The van der Waals surface area contributed by atoms with E-state index in [1.807, 2.05) is 46.2 Å². The van der Waals surface area contributed by atoms with E-state index in [1.54, 1.807) is 53.4 Å². The molecule has 2 N–H and O–H groups in total. The lowest BCUT2D eigenvalue weighted by Crippen LogP contribution is -2.57. The van der Waals surface area contributed by atoms with E-state index in [1.165, 1.54) is 6.07 Å². The van der Waals surface area contributed by atoms with Crippen LogP contribution in [-0.4, -0.2) is 186 Å². The first-order valence-electron chi connectivity index (χ1n) is 27.3. The highest BCUT2D eigenvalue weighted by molar-refractivity contribution is 6.27. The van der Waals surface area contributed by atoms with Gasteiger partial charge in [-0.15, -0.1) is 11.6 Å². The van der Waals surface area contributed by atoms with Gasteiger partial charge in [0.15, 0.2) is 0 Å². The van der Waals surface area contributed by atoms with Crippen molar-refractivity contribution in [1.82, 2.24) is 44.9 Å². The highest BCUT2D eigenvalue weighted by Gasteiger charge is 2.37. The summed E-state index contributed by atoms with van der Waals surface area (Å²) < 4.78 is 15.1. The van der Waals surface area contributed by atoms with E-state index in [0.717, 1.165) is 96.1 Å². The van der Waals surface area contributed by atoms with E-state index in [4.69, 9.17) is 11.6 Å². The first-order valence-corrected chi connectivity index (χ1v) is 27.8. The minimum Gasteiger partial charge on any atom is -0.341 e. The molecule has 5 heterocycles. The molecule has 4 aliphatic heterocycles. The summed E-state index contributed by atoms with van der Waals surface area (Å²) in [7, 11) is 1.71. The lowest BCUT2D eigenvalue weighted by Gasteiger charge is -2.41. The van der Waals surface area contributed by atoms with Crippen LogP contribution in [0.5, 0.6) is 0 Å². The number of nitrogens with zero attached hydrogens (tertiary/aromatic N) is 8. The van der Waals surface area contributed by atoms with Crippen LogP contribution in [0.25, 0.3) is 10.8 Å². The second kappa shape index (κ2) is 27.1. The maximum Gasteiger partial charge on any atom is 0.272 e. The van der Waals surface area contributed by atoms with Crippen LogP contribution >= 0.6 is 11.6 Å². The van der Waals surface area contributed by atoms with Crippen molar-refractivity contribution < 1.29 is 28.4 Å². The van der Waals surface area contributed by atoms with Crippen LogP contribution in [0.4, 0.5) is 4.39 Å². The number of amides is 5. The normalized spacial score (nSPS) is 19.8. The van der Waals surface area contributed by atoms with Crippen molar-refractivity contribution in [2.45, 2.75) is 76.2 Å². The molecular weight excluding hydrogens is 987 g/mol. The first-order chi connectivity index (χ1) is 36.9. The Hall–Kier alpha value is -6.30. The number of aromatic nitrogens is 2. The molecule has 1 saturated carbocycles. The van der Waals surface area contributed by atoms with Gasteiger partial charge in [-0.25, -0.2) is 9.49 Å². The number of aliphatic imine (C=N–C) groups is 1. The summed E-state index contributed by atoms with van der Waals surface area (Å²) in [5, 5.41) is 11.2. The first kappa shape index (κ1) is 55.9. The Kier molecular flexibility index (Phi) is 20.0. The molecule has 2 atom stereocenters. The third-order valence-electron chi connectivity index (χ3n) is 16.0. The summed E-state index contributed by atoms with van der Waals surface area (Å²) >= 11 is 5.86. The van der Waals surface area contributed by atoms with Gasteiger partial charge in [0.25, 0.3) is 17.4 Å². The molecule has 5 fully saturated rings.